The van der Waals surface area contributed by atoms with Crippen LogP contribution in [0.4, 0.5) is 0 Å². The van der Waals surface area contributed by atoms with E-state index in [0.29, 0.717) is 16.9 Å². The third-order valence-electron chi connectivity index (χ3n) is 2.12. The van der Waals surface area contributed by atoms with Crippen LogP contribution in [0.1, 0.15) is 13.3 Å². The molecule has 1 rings (SSSR count). The normalized spacial score (nSPS) is 12.4. The summed E-state index contributed by atoms with van der Waals surface area (Å²) in [6.45, 7) is 3.00. The van der Waals surface area contributed by atoms with E-state index in [1.54, 1.807) is 11.8 Å². The molecule has 0 spiro atoms. The van der Waals surface area contributed by atoms with Gasteiger partial charge in [0.05, 0.1) is 11.6 Å². The molecule has 90 valence electrons. The lowest BCUT2D eigenvalue weighted by Crippen LogP contribution is -2.06. The number of aliphatic hydroxyl groups is 1. The molecule has 2 nitrogen and oxygen atoms in total. The van der Waals surface area contributed by atoms with Crippen LogP contribution in [-0.2, 0) is 0 Å². The number of halogens is 1. The van der Waals surface area contributed by atoms with Crippen LogP contribution < -0.4 is 4.74 Å². The van der Waals surface area contributed by atoms with Crippen LogP contribution in [0.15, 0.2) is 24.3 Å². The molecule has 0 saturated heterocycles. The molecule has 0 radical (unpaired) electrons. The fraction of sp³-hybridized carbons (Fsp3) is 0.500. The summed E-state index contributed by atoms with van der Waals surface area (Å²) < 4.78 is 5.55. The fourth-order valence-electron chi connectivity index (χ4n) is 1.23. The average Bonchev–Trinajstić information content (AvgIpc) is 2.27. The first kappa shape index (κ1) is 13.7. The number of aliphatic hydroxyl groups excluding tert-OH is 1. The van der Waals surface area contributed by atoms with Gasteiger partial charge < -0.3 is 9.84 Å². The molecule has 1 aromatic carbocycles. The van der Waals surface area contributed by atoms with Gasteiger partial charge in [-0.1, -0.05) is 30.7 Å². The molecular formula is C12H17ClO2S. The molecule has 16 heavy (non-hydrogen) atoms. The van der Waals surface area contributed by atoms with Crippen LogP contribution in [-0.4, -0.2) is 29.3 Å². The first-order valence-electron chi connectivity index (χ1n) is 5.34. The molecule has 1 atom stereocenters. The summed E-state index contributed by atoms with van der Waals surface area (Å²) in [6.07, 6.45) is 0.830. The average molecular weight is 261 g/mol. The molecular weight excluding hydrogens is 244 g/mol. The molecule has 4 heteroatoms. The molecule has 0 saturated carbocycles. The second-order valence-electron chi connectivity index (χ2n) is 3.47. The molecule has 1 aromatic rings. The number of para-hydroxylation sites is 1. The van der Waals surface area contributed by atoms with E-state index < -0.39 is 0 Å². The van der Waals surface area contributed by atoms with Crippen LogP contribution in [0.25, 0.3) is 0 Å². The zero-order chi connectivity index (χ0) is 11.8. The summed E-state index contributed by atoms with van der Waals surface area (Å²) in [5, 5.41) is 9.87. The van der Waals surface area contributed by atoms with E-state index in [1.807, 2.05) is 24.3 Å². The summed E-state index contributed by atoms with van der Waals surface area (Å²) in [4.78, 5) is 0. The van der Waals surface area contributed by atoms with Crippen molar-refractivity contribution in [3.05, 3.63) is 29.3 Å². The van der Waals surface area contributed by atoms with Gasteiger partial charge in [-0.3, -0.25) is 0 Å². The lowest BCUT2D eigenvalue weighted by atomic mass is 10.3. The zero-order valence-electron chi connectivity index (χ0n) is 9.36. The van der Waals surface area contributed by atoms with Crippen LogP contribution >= 0.6 is 23.4 Å². The molecule has 1 N–H and O–H groups in total. The van der Waals surface area contributed by atoms with Gasteiger partial charge in [-0.25, -0.2) is 0 Å². The van der Waals surface area contributed by atoms with Crippen LogP contribution in [0.5, 0.6) is 5.75 Å². The second-order valence-corrected chi connectivity index (χ2v) is 5.43. The minimum absolute atomic E-state index is 0.250. The molecule has 0 amide bonds. The fourth-order valence-corrected chi connectivity index (χ4v) is 2.27. The molecule has 0 aliphatic heterocycles. The first-order valence-corrected chi connectivity index (χ1v) is 6.76. The maximum Gasteiger partial charge on any atom is 0.137 e. The molecule has 0 fully saturated rings. The van der Waals surface area contributed by atoms with Gasteiger partial charge in [-0.05, 0) is 18.6 Å². The van der Waals surface area contributed by atoms with Crippen molar-refractivity contribution in [2.75, 3.05) is 19.0 Å². The Hall–Kier alpha value is -0.380. The van der Waals surface area contributed by atoms with Crippen molar-refractivity contribution < 1.29 is 9.84 Å². The van der Waals surface area contributed by atoms with E-state index in [1.165, 1.54) is 0 Å². The number of hydrogen-bond donors (Lipinski definition) is 1. The van der Waals surface area contributed by atoms with E-state index in [0.717, 1.165) is 17.9 Å². The monoisotopic (exact) mass is 260 g/mol. The predicted octanol–water partition coefficient (Wildman–Crippen LogP) is 3.22. The number of hydrogen-bond acceptors (Lipinski definition) is 3. The smallest absolute Gasteiger partial charge is 0.137 e. The Labute approximate surface area is 106 Å². The lowest BCUT2D eigenvalue weighted by molar-refractivity contribution is 0.288. The highest BCUT2D eigenvalue weighted by Crippen LogP contribution is 2.23. The minimum atomic E-state index is 0.250. The van der Waals surface area contributed by atoms with Gasteiger partial charge in [0.1, 0.15) is 5.75 Å². The van der Waals surface area contributed by atoms with Crippen LogP contribution in [0.3, 0.4) is 0 Å². The topological polar surface area (TPSA) is 29.5 Å². The molecule has 0 bridgehead atoms. The summed E-state index contributed by atoms with van der Waals surface area (Å²) in [6, 6.07) is 7.47. The number of ether oxygens (including phenoxy) is 1. The highest BCUT2D eigenvalue weighted by molar-refractivity contribution is 7.99. The Bertz CT molecular complexity index is 307. The molecule has 1 unspecified atom stereocenters. The maximum absolute atomic E-state index is 8.75. The van der Waals surface area contributed by atoms with Crippen molar-refractivity contribution in [1.29, 1.82) is 0 Å². The van der Waals surface area contributed by atoms with Crippen molar-refractivity contribution in [3.8, 4) is 5.75 Å². The largest absolute Gasteiger partial charge is 0.491 e. The van der Waals surface area contributed by atoms with E-state index >= 15 is 0 Å². The Morgan fingerprint density at radius 1 is 1.44 bits per heavy atom. The summed E-state index contributed by atoms with van der Waals surface area (Å²) in [5.41, 5.74) is 0. The summed E-state index contributed by atoms with van der Waals surface area (Å²) in [7, 11) is 0. The highest BCUT2D eigenvalue weighted by atomic mass is 35.5. The SMILES string of the molecule is CC(CCO)SCCOc1ccccc1Cl. The molecule has 0 aliphatic carbocycles. The lowest BCUT2D eigenvalue weighted by Gasteiger charge is -2.10. The van der Waals surface area contributed by atoms with Gasteiger partial charge in [-0.2, -0.15) is 11.8 Å². The van der Waals surface area contributed by atoms with Gasteiger partial charge in [0.2, 0.25) is 0 Å². The Balaban J connectivity index is 2.19. The third-order valence-corrected chi connectivity index (χ3v) is 3.63. The highest BCUT2D eigenvalue weighted by Gasteiger charge is 2.02. The zero-order valence-corrected chi connectivity index (χ0v) is 10.9. The quantitative estimate of drug-likeness (QED) is 0.764. The van der Waals surface area contributed by atoms with Gasteiger partial charge >= 0.3 is 0 Å². The van der Waals surface area contributed by atoms with Crippen molar-refractivity contribution in [1.82, 2.24) is 0 Å². The predicted molar refractivity (Wildman–Crippen MR) is 70.6 cm³/mol. The molecule has 0 aliphatic rings. The summed E-state index contributed by atoms with van der Waals surface area (Å²) >= 11 is 7.75. The Kier molecular flexibility index (Phi) is 6.69. The van der Waals surface area contributed by atoms with Crippen LogP contribution in [0, 0.1) is 0 Å². The minimum Gasteiger partial charge on any atom is -0.491 e. The number of benzene rings is 1. The van der Waals surface area contributed by atoms with Crippen molar-refractivity contribution >= 4 is 23.4 Å². The van der Waals surface area contributed by atoms with Gasteiger partial charge in [0, 0.05) is 17.6 Å². The first-order chi connectivity index (χ1) is 7.74. The standard InChI is InChI=1S/C12H17ClO2S/c1-10(6-7-14)16-9-8-15-12-5-3-2-4-11(12)13/h2-5,10,14H,6-9H2,1H3. The second kappa shape index (κ2) is 7.82. The third kappa shape index (κ3) is 5.10. The van der Waals surface area contributed by atoms with E-state index in [-0.39, 0.29) is 6.61 Å². The molecule has 0 aromatic heterocycles. The van der Waals surface area contributed by atoms with E-state index in [4.69, 9.17) is 21.4 Å². The van der Waals surface area contributed by atoms with Gasteiger partial charge in [0.25, 0.3) is 0 Å². The Morgan fingerprint density at radius 2 is 2.19 bits per heavy atom. The maximum atomic E-state index is 8.75. The molecule has 0 heterocycles. The van der Waals surface area contributed by atoms with Gasteiger partial charge in [-0.15, -0.1) is 0 Å². The van der Waals surface area contributed by atoms with Crippen LogP contribution in [0.2, 0.25) is 5.02 Å². The number of thioether (sulfide) groups is 1. The summed E-state index contributed by atoms with van der Waals surface area (Å²) in [5.74, 6) is 1.64. The Morgan fingerprint density at radius 3 is 2.88 bits per heavy atom. The van der Waals surface area contributed by atoms with Crippen molar-refractivity contribution in [2.24, 2.45) is 0 Å². The van der Waals surface area contributed by atoms with Gasteiger partial charge in [0.15, 0.2) is 0 Å². The van der Waals surface area contributed by atoms with E-state index in [2.05, 4.69) is 6.92 Å². The number of rotatable bonds is 7. The van der Waals surface area contributed by atoms with Crippen molar-refractivity contribution in [3.63, 3.8) is 0 Å². The van der Waals surface area contributed by atoms with E-state index in [9.17, 15) is 0 Å². The van der Waals surface area contributed by atoms with Crippen molar-refractivity contribution in [2.45, 2.75) is 18.6 Å².